The maximum absolute atomic E-state index is 10.8. The molecule has 10 heavy (non-hydrogen) atoms. The second-order valence-corrected chi connectivity index (χ2v) is 3.01. The van der Waals surface area contributed by atoms with Gasteiger partial charge >= 0.3 is 5.97 Å². The van der Waals surface area contributed by atoms with Crippen molar-refractivity contribution in [1.29, 1.82) is 0 Å². The maximum Gasteiger partial charge on any atom is 0.309 e. The molecule has 2 nitrogen and oxygen atoms in total. The van der Waals surface area contributed by atoms with E-state index in [1.807, 2.05) is 6.08 Å². The van der Waals surface area contributed by atoms with Gasteiger partial charge in [0.05, 0.1) is 12.5 Å². The molecule has 0 aromatic carbocycles. The van der Waals surface area contributed by atoms with Gasteiger partial charge in [0.15, 0.2) is 0 Å². The van der Waals surface area contributed by atoms with Crippen LogP contribution in [0.2, 0.25) is 0 Å². The molecule has 3 atom stereocenters. The van der Waals surface area contributed by atoms with Gasteiger partial charge in [-0.1, -0.05) is 6.08 Å². The van der Waals surface area contributed by atoms with E-state index in [1.165, 1.54) is 0 Å². The van der Waals surface area contributed by atoms with Crippen LogP contribution in [0.4, 0.5) is 0 Å². The largest absolute Gasteiger partial charge is 0.465 e. The normalized spacial score (nSPS) is 42.4. The number of carbonyl (C=O) groups is 1. The number of allylic oxidation sites excluding steroid dienone is 1. The van der Waals surface area contributed by atoms with Gasteiger partial charge in [0.1, 0.15) is 0 Å². The van der Waals surface area contributed by atoms with E-state index >= 15 is 0 Å². The summed E-state index contributed by atoms with van der Waals surface area (Å²) in [6.45, 7) is 4.30. The van der Waals surface area contributed by atoms with Gasteiger partial charge in [0.2, 0.25) is 0 Å². The summed E-state index contributed by atoms with van der Waals surface area (Å²) in [5.74, 6) is 1.35. The van der Waals surface area contributed by atoms with Crippen molar-refractivity contribution in [3.63, 3.8) is 0 Å². The average Bonchev–Trinajstić information content (AvgIpc) is 2.45. The molecule has 0 amide bonds. The number of cyclic esters (lactones) is 1. The monoisotopic (exact) mass is 138 g/mol. The Balaban J connectivity index is 1.98. The van der Waals surface area contributed by atoms with Crippen molar-refractivity contribution in [3.05, 3.63) is 12.7 Å². The SMILES string of the molecule is C=CC[C@@H]1[C@@H]2COC(=O)[C@H]12. The molecule has 0 spiro atoms. The quantitative estimate of drug-likeness (QED) is 0.420. The lowest BCUT2D eigenvalue weighted by Crippen LogP contribution is -2.04. The van der Waals surface area contributed by atoms with Gasteiger partial charge in [0, 0.05) is 5.92 Å². The number of esters is 1. The third-order valence-corrected chi connectivity index (χ3v) is 2.46. The summed E-state index contributed by atoms with van der Waals surface area (Å²) in [6, 6.07) is 0. The first-order valence-electron chi connectivity index (χ1n) is 3.62. The summed E-state index contributed by atoms with van der Waals surface area (Å²) < 4.78 is 4.82. The van der Waals surface area contributed by atoms with Crippen molar-refractivity contribution >= 4 is 5.97 Å². The van der Waals surface area contributed by atoms with Crippen LogP contribution in [0.3, 0.4) is 0 Å². The van der Waals surface area contributed by atoms with Gasteiger partial charge in [-0.25, -0.2) is 0 Å². The molecule has 0 radical (unpaired) electrons. The van der Waals surface area contributed by atoms with Crippen LogP contribution in [0.15, 0.2) is 12.7 Å². The maximum atomic E-state index is 10.8. The molecule has 2 heteroatoms. The van der Waals surface area contributed by atoms with Crippen LogP contribution in [-0.4, -0.2) is 12.6 Å². The highest BCUT2D eigenvalue weighted by Gasteiger charge is 2.59. The molecule has 1 saturated carbocycles. The zero-order valence-corrected chi connectivity index (χ0v) is 5.75. The van der Waals surface area contributed by atoms with Crippen LogP contribution in [0.25, 0.3) is 0 Å². The average molecular weight is 138 g/mol. The van der Waals surface area contributed by atoms with Gasteiger partial charge < -0.3 is 4.74 Å². The predicted molar refractivity (Wildman–Crippen MR) is 36.2 cm³/mol. The molecule has 0 aromatic rings. The summed E-state index contributed by atoms with van der Waals surface area (Å²) in [6.07, 6.45) is 2.86. The Morgan fingerprint density at radius 2 is 2.60 bits per heavy atom. The van der Waals surface area contributed by atoms with Crippen molar-refractivity contribution in [2.45, 2.75) is 6.42 Å². The first-order valence-corrected chi connectivity index (χ1v) is 3.62. The molecule has 54 valence electrons. The minimum atomic E-state index is 0.0110. The van der Waals surface area contributed by atoms with Gasteiger partial charge in [-0.05, 0) is 12.3 Å². The second-order valence-electron chi connectivity index (χ2n) is 3.01. The molecule has 1 aliphatic heterocycles. The van der Waals surface area contributed by atoms with Gasteiger partial charge in [-0.3, -0.25) is 4.79 Å². The molecule has 0 N–H and O–H groups in total. The highest BCUT2D eigenvalue weighted by atomic mass is 16.5. The van der Waals surface area contributed by atoms with E-state index in [0.29, 0.717) is 18.4 Å². The number of carbonyl (C=O) groups excluding carboxylic acids is 1. The van der Waals surface area contributed by atoms with E-state index < -0.39 is 0 Å². The zero-order chi connectivity index (χ0) is 7.14. The lowest BCUT2D eigenvalue weighted by atomic mass is 10.2. The van der Waals surface area contributed by atoms with E-state index in [-0.39, 0.29) is 11.9 Å². The summed E-state index contributed by atoms with van der Waals surface area (Å²) in [5.41, 5.74) is 0. The Labute approximate surface area is 59.9 Å². The van der Waals surface area contributed by atoms with Crippen LogP contribution < -0.4 is 0 Å². The molecule has 2 aliphatic rings. The van der Waals surface area contributed by atoms with Gasteiger partial charge in [-0.2, -0.15) is 0 Å². The smallest absolute Gasteiger partial charge is 0.309 e. The standard InChI is InChI=1S/C8H10O2/c1-2-3-5-6-4-10-8(9)7(5)6/h2,5-7H,1,3-4H2/t5-,6+,7-/m1/s1. The molecule has 1 aliphatic carbocycles. The Morgan fingerprint density at radius 1 is 1.80 bits per heavy atom. The zero-order valence-electron chi connectivity index (χ0n) is 5.75. The molecular formula is C8H10O2. The van der Waals surface area contributed by atoms with Gasteiger partial charge in [0.25, 0.3) is 0 Å². The van der Waals surface area contributed by atoms with Crippen molar-refractivity contribution in [1.82, 2.24) is 0 Å². The van der Waals surface area contributed by atoms with Crippen molar-refractivity contribution in [3.8, 4) is 0 Å². The van der Waals surface area contributed by atoms with E-state index in [9.17, 15) is 4.79 Å². The summed E-state index contributed by atoms with van der Waals surface area (Å²) >= 11 is 0. The number of fused-ring (bicyclic) bond motifs is 1. The molecule has 2 fully saturated rings. The van der Waals surface area contributed by atoms with Crippen LogP contribution >= 0.6 is 0 Å². The fourth-order valence-electron chi connectivity index (χ4n) is 1.81. The Morgan fingerprint density at radius 3 is 3.10 bits per heavy atom. The molecular weight excluding hydrogens is 128 g/mol. The van der Waals surface area contributed by atoms with Crippen LogP contribution in [0, 0.1) is 17.8 Å². The van der Waals surface area contributed by atoms with E-state index in [2.05, 4.69) is 6.58 Å². The second kappa shape index (κ2) is 1.84. The van der Waals surface area contributed by atoms with Crippen LogP contribution in [-0.2, 0) is 9.53 Å². The molecule has 2 rings (SSSR count). The van der Waals surface area contributed by atoms with Crippen molar-refractivity contribution < 1.29 is 9.53 Å². The first kappa shape index (κ1) is 5.96. The lowest BCUT2D eigenvalue weighted by Gasteiger charge is -1.98. The fraction of sp³-hybridized carbons (Fsp3) is 0.625. The molecule has 0 bridgehead atoms. The van der Waals surface area contributed by atoms with Crippen LogP contribution in [0.1, 0.15) is 6.42 Å². The van der Waals surface area contributed by atoms with Gasteiger partial charge in [-0.15, -0.1) is 6.58 Å². The Kier molecular flexibility index (Phi) is 1.10. The summed E-state index contributed by atoms with van der Waals surface area (Å²) in [5, 5.41) is 0. The van der Waals surface area contributed by atoms with E-state index in [0.717, 1.165) is 6.42 Å². The van der Waals surface area contributed by atoms with E-state index in [1.54, 1.807) is 0 Å². The topological polar surface area (TPSA) is 26.3 Å². The number of hydrogen-bond donors (Lipinski definition) is 0. The highest BCUT2D eigenvalue weighted by molar-refractivity contribution is 5.79. The minimum absolute atomic E-state index is 0.0110. The highest BCUT2D eigenvalue weighted by Crippen LogP contribution is 2.53. The predicted octanol–water partition coefficient (Wildman–Crippen LogP) is 0.982. The number of hydrogen-bond acceptors (Lipinski definition) is 2. The minimum Gasteiger partial charge on any atom is -0.465 e. The third-order valence-electron chi connectivity index (χ3n) is 2.46. The van der Waals surface area contributed by atoms with Crippen molar-refractivity contribution in [2.24, 2.45) is 17.8 Å². The molecule has 0 aromatic heterocycles. The Hall–Kier alpha value is -0.790. The van der Waals surface area contributed by atoms with Crippen molar-refractivity contribution in [2.75, 3.05) is 6.61 Å². The lowest BCUT2D eigenvalue weighted by molar-refractivity contribution is -0.141. The summed E-state index contributed by atoms with van der Waals surface area (Å²) in [7, 11) is 0. The number of rotatable bonds is 2. The first-order chi connectivity index (χ1) is 4.84. The molecule has 1 saturated heterocycles. The molecule has 0 unspecified atom stereocenters. The Bertz CT molecular complexity index is 186. The van der Waals surface area contributed by atoms with Crippen LogP contribution in [0.5, 0.6) is 0 Å². The third kappa shape index (κ3) is 0.618. The molecule has 1 heterocycles. The summed E-state index contributed by atoms with van der Waals surface area (Å²) in [4.78, 5) is 10.8. The van der Waals surface area contributed by atoms with E-state index in [4.69, 9.17) is 4.74 Å². The fourth-order valence-corrected chi connectivity index (χ4v) is 1.81. The number of ether oxygens (including phenoxy) is 1.